The van der Waals surface area contributed by atoms with E-state index in [0.717, 1.165) is 30.3 Å². The first-order valence-electron chi connectivity index (χ1n) is 5.43. The molecule has 0 heterocycles. The molecule has 3 N–H and O–H groups in total. The molecule has 4 nitrogen and oxygen atoms in total. The third-order valence-corrected chi connectivity index (χ3v) is 4.59. The van der Waals surface area contributed by atoms with Gasteiger partial charge in [-0.3, -0.25) is 4.72 Å². The van der Waals surface area contributed by atoms with Gasteiger partial charge in [-0.1, -0.05) is 6.07 Å². The number of hydrogen-bond donors (Lipinski definition) is 2. The summed E-state index contributed by atoms with van der Waals surface area (Å²) >= 11 is 2.94. The van der Waals surface area contributed by atoms with Crippen LogP contribution < -0.4 is 10.5 Å². The maximum Gasteiger partial charge on any atom is 0.265 e. The number of nitrogen functional groups attached to an aromatic ring is 1. The minimum Gasteiger partial charge on any atom is -0.398 e. The van der Waals surface area contributed by atoms with Crippen LogP contribution in [0.25, 0.3) is 0 Å². The lowest BCUT2D eigenvalue weighted by atomic mass is 10.3. The van der Waals surface area contributed by atoms with Crippen LogP contribution in [0.2, 0.25) is 0 Å². The summed E-state index contributed by atoms with van der Waals surface area (Å²) in [6.45, 7) is 0. The fourth-order valence-electron chi connectivity index (χ4n) is 1.54. The highest BCUT2D eigenvalue weighted by molar-refractivity contribution is 9.10. The molecule has 0 amide bonds. The number of rotatable bonds is 3. The Bertz CT molecular complexity index is 792. The number of benzene rings is 2. The van der Waals surface area contributed by atoms with Crippen molar-refractivity contribution in [2.24, 2.45) is 0 Å². The van der Waals surface area contributed by atoms with Crippen LogP contribution in [-0.4, -0.2) is 8.42 Å². The van der Waals surface area contributed by atoms with E-state index < -0.39 is 38.1 Å². The number of hydrogen-bond acceptors (Lipinski definition) is 3. The number of nitrogens with one attached hydrogen (secondary N) is 1. The maximum absolute atomic E-state index is 13.7. The van der Waals surface area contributed by atoms with Crippen molar-refractivity contribution in [3.8, 4) is 0 Å². The van der Waals surface area contributed by atoms with Gasteiger partial charge in [0.15, 0.2) is 0 Å². The van der Waals surface area contributed by atoms with E-state index >= 15 is 0 Å². The van der Waals surface area contributed by atoms with Gasteiger partial charge < -0.3 is 5.73 Å². The molecular weight excluding hydrogens is 373 g/mol. The molecule has 0 atom stereocenters. The first-order chi connectivity index (χ1) is 9.72. The van der Waals surface area contributed by atoms with Crippen molar-refractivity contribution >= 4 is 37.3 Å². The predicted octanol–water partition coefficient (Wildman–Crippen LogP) is 3.25. The third-order valence-electron chi connectivity index (χ3n) is 2.54. The molecule has 2 aromatic rings. The lowest BCUT2D eigenvalue weighted by Crippen LogP contribution is -2.17. The summed E-state index contributed by atoms with van der Waals surface area (Å²) in [7, 11) is -4.53. The van der Waals surface area contributed by atoms with Gasteiger partial charge >= 0.3 is 0 Å². The molecular formula is C12H8BrF3N2O2S. The second kappa shape index (κ2) is 5.57. The van der Waals surface area contributed by atoms with E-state index in [-0.39, 0.29) is 10.2 Å². The molecule has 0 aliphatic carbocycles. The summed E-state index contributed by atoms with van der Waals surface area (Å²) in [5.74, 6) is -3.35. The molecule has 2 rings (SSSR count). The summed E-state index contributed by atoms with van der Waals surface area (Å²) in [6.07, 6.45) is 0. The van der Waals surface area contributed by atoms with Gasteiger partial charge in [0.1, 0.15) is 28.0 Å². The smallest absolute Gasteiger partial charge is 0.265 e. The minimum absolute atomic E-state index is 0.0363. The molecule has 0 saturated carbocycles. The van der Waals surface area contributed by atoms with Gasteiger partial charge in [0.05, 0.1) is 0 Å². The molecule has 112 valence electrons. The predicted molar refractivity (Wildman–Crippen MR) is 75.7 cm³/mol. The monoisotopic (exact) mass is 380 g/mol. The highest BCUT2D eigenvalue weighted by Gasteiger charge is 2.23. The largest absolute Gasteiger partial charge is 0.398 e. The van der Waals surface area contributed by atoms with Gasteiger partial charge in [0.2, 0.25) is 0 Å². The molecule has 2 aromatic carbocycles. The summed E-state index contributed by atoms with van der Waals surface area (Å²) in [4.78, 5) is -0.814. The third kappa shape index (κ3) is 3.13. The van der Waals surface area contributed by atoms with Crippen LogP contribution in [0.4, 0.5) is 24.5 Å². The summed E-state index contributed by atoms with van der Waals surface area (Å²) < 4.78 is 66.5. The van der Waals surface area contributed by atoms with Gasteiger partial charge in [-0.15, -0.1) is 0 Å². The van der Waals surface area contributed by atoms with Crippen molar-refractivity contribution in [3.63, 3.8) is 0 Å². The Balaban J connectivity index is 2.51. The molecule has 0 spiro atoms. The highest BCUT2D eigenvalue weighted by Crippen LogP contribution is 2.28. The van der Waals surface area contributed by atoms with Crippen LogP contribution >= 0.6 is 15.9 Å². The molecule has 9 heteroatoms. The second-order valence-corrected chi connectivity index (χ2v) is 6.51. The van der Waals surface area contributed by atoms with Crippen LogP contribution in [0.1, 0.15) is 0 Å². The van der Waals surface area contributed by atoms with Crippen LogP contribution in [0.15, 0.2) is 39.7 Å². The lowest BCUT2D eigenvalue weighted by molar-refractivity contribution is 0.565. The van der Waals surface area contributed by atoms with E-state index in [1.807, 2.05) is 0 Å². The first kappa shape index (κ1) is 15.6. The van der Waals surface area contributed by atoms with Crippen molar-refractivity contribution in [2.45, 2.75) is 4.90 Å². The zero-order valence-electron chi connectivity index (χ0n) is 10.2. The van der Waals surface area contributed by atoms with Gasteiger partial charge in [0, 0.05) is 10.2 Å². The van der Waals surface area contributed by atoms with Crippen molar-refractivity contribution in [1.29, 1.82) is 0 Å². The number of para-hydroxylation sites is 1. The molecule has 0 aromatic heterocycles. The fourth-order valence-corrected chi connectivity index (χ4v) is 3.02. The van der Waals surface area contributed by atoms with E-state index in [2.05, 4.69) is 15.9 Å². The van der Waals surface area contributed by atoms with E-state index in [1.54, 1.807) is 4.72 Å². The number of halogens is 4. The molecule has 0 fully saturated rings. The Hall–Kier alpha value is -1.74. The number of sulfonamides is 1. The topological polar surface area (TPSA) is 72.2 Å². The molecule has 0 saturated heterocycles. The fraction of sp³-hybridized carbons (Fsp3) is 0. The SMILES string of the molecule is Nc1cc(S(=O)(=O)Nc2c(F)cccc2F)c(F)cc1Br. The standard InChI is InChI=1S/C12H8BrF3N2O2S/c13-6-4-9(16)11(5-10(6)17)21(19,20)18-12-7(14)2-1-3-8(12)15/h1-5,18H,17H2. The van der Waals surface area contributed by atoms with Crippen molar-refractivity contribution in [3.05, 3.63) is 52.3 Å². The minimum atomic E-state index is -4.53. The Labute approximate surface area is 127 Å². The van der Waals surface area contributed by atoms with Crippen molar-refractivity contribution in [1.82, 2.24) is 0 Å². The Morgan fingerprint density at radius 2 is 1.62 bits per heavy atom. The Morgan fingerprint density at radius 3 is 2.19 bits per heavy atom. The first-order valence-corrected chi connectivity index (χ1v) is 7.71. The molecule has 0 unspecified atom stereocenters. The average Bonchev–Trinajstić information content (AvgIpc) is 2.38. The Morgan fingerprint density at radius 1 is 1.05 bits per heavy atom. The molecule has 21 heavy (non-hydrogen) atoms. The lowest BCUT2D eigenvalue weighted by Gasteiger charge is -2.11. The zero-order valence-corrected chi connectivity index (χ0v) is 12.6. The quantitative estimate of drug-likeness (QED) is 0.802. The van der Waals surface area contributed by atoms with E-state index in [9.17, 15) is 21.6 Å². The molecule has 0 bridgehead atoms. The normalized spacial score (nSPS) is 11.4. The molecule has 0 aliphatic rings. The average molecular weight is 381 g/mol. The van der Waals surface area contributed by atoms with E-state index in [1.165, 1.54) is 0 Å². The van der Waals surface area contributed by atoms with Gasteiger partial charge in [-0.05, 0) is 40.2 Å². The van der Waals surface area contributed by atoms with E-state index in [0.29, 0.717) is 0 Å². The summed E-state index contributed by atoms with van der Waals surface area (Å²) in [6, 6.07) is 4.50. The van der Waals surface area contributed by atoms with Gasteiger partial charge in [-0.2, -0.15) is 0 Å². The van der Waals surface area contributed by atoms with Crippen molar-refractivity contribution in [2.75, 3.05) is 10.5 Å². The van der Waals surface area contributed by atoms with Gasteiger partial charge in [0.25, 0.3) is 10.0 Å². The van der Waals surface area contributed by atoms with E-state index in [4.69, 9.17) is 5.73 Å². The van der Waals surface area contributed by atoms with Crippen LogP contribution in [0.3, 0.4) is 0 Å². The van der Waals surface area contributed by atoms with Crippen LogP contribution in [-0.2, 0) is 10.0 Å². The van der Waals surface area contributed by atoms with Gasteiger partial charge in [-0.25, -0.2) is 21.6 Å². The number of nitrogens with two attached hydrogens (primary N) is 1. The summed E-state index contributed by atoms with van der Waals surface area (Å²) in [5, 5.41) is 0. The second-order valence-electron chi connectivity index (χ2n) is 4.01. The summed E-state index contributed by atoms with van der Waals surface area (Å²) in [5.41, 5.74) is 4.56. The van der Waals surface area contributed by atoms with Crippen LogP contribution in [0.5, 0.6) is 0 Å². The van der Waals surface area contributed by atoms with Crippen molar-refractivity contribution < 1.29 is 21.6 Å². The maximum atomic E-state index is 13.7. The molecule has 0 radical (unpaired) electrons. The zero-order chi connectivity index (χ0) is 15.8. The Kier molecular flexibility index (Phi) is 4.15. The number of anilines is 2. The highest BCUT2D eigenvalue weighted by atomic mass is 79.9. The molecule has 0 aliphatic heterocycles. The van der Waals surface area contributed by atoms with Crippen LogP contribution in [0, 0.1) is 17.5 Å².